The maximum atomic E-state index is 12.3. The molecule has 6 heteroatoms. The van der Waals surface area contributed by atoms with E-state index in [1.54, 1.807) is 30.2 Å². The number of ether oxygens (including phenoxy) is 2. The fourth-order valence-electron chi connectivity index (χ4n) is 2.81. The van der Waals surface area contributed by atoms with Crippen LogP contribution in [0.4, 0.5) is 5.69 Å². The first-order valence-electron chi connectivity index (χ1n) is 8.80. The maximum absolute atomic E-state index is 12.3. The number of nitrogens with one attached hydrogen (secondary N) is 1. The van der Waals surface area contributed by atoms with E-state index in [4.69, 9.17) is 9.47 Å². The number of hydrogen-bond acceptors (Lipinski definition) is 4. The number of hydrogen-bond donors (Lipinski definition) is 1. The van der Waals surface area contributed by atoms with Gasteiger partial charge in [-0.05, 0) is 24.6 Å². The molecular weight excluding hydrogens is 344 g/mol. The lowest BCUT2D eigenvalue weighted by molar-refractivity contribution is -0.121. The number of amides is 2. The first-order valence-corrected chi connectivity index (χ1v) is 8.80. The molecule has 2 rings (SSSR count). The average molecular weight is 370 g/mol. The monoisotopic (exact) mass is 370 g/mol. The first-order chi connectivity index (χ1) is 13.0. The summed E-state index contributed by atoms with van der Waals surface area (Å²) in [6.07, 6.45) is 0.200. The number of anilines is 1. The van der Waals surface area contributed by atoms with Crippen molar-refractivity contribution >= 4 is 17.5 Å². The van der Waals surface area contributed by atoms with Gasteiger partial charge in [0.1, 0.15) is 0 Å². The predicted octanol–water partition coefficient (Wildman–Crippen LogP) is 3.32. The van der Waals surface area contributed by atoms with E-state index in [1.165, 1.54) is 14.0 Å². The van der Waals surface area contributed by atoms with Gasteiger partial charge in [-0.2, -0.15) is 0 Å². The van der Waals surface area contributed by atoms with Gasteiger partial charge in [-0.25, -0.2) is 0 Å². The van der Waals surface area contributed by atoms with Gasteiger partial charge >= 0.3 is 0 Å². The quantitative estimate of drug-likeness (QED) is 0.774. The van der Waals surface area contributed by atoms with Crippen LogP contribution in [0.15, 0.2) is 48.5 Å². The molecule has 1 atom stereocenters. The Kier molecular flexibility index (Phi) is 7.23. The van der Waals surface area contributed by atoms with Crippen molar-refractivity contribution in [3.05, 3.63) is 54.1 Å². The lowest BCUT2D eigenvalue weighted by Gasteiger charge is -2.23. The van der Waals surface area contributed by atoms with Crippen LogP contribution < -0.4 is 19.7 Å². The number of nitrogens with zero attached hydrogens (tertiary/aromatic N) is 1. The van der Waals surface area contributed by atoms with Crippen LogP contribution in [0, 0.1) is 0 Å². The predicted molar refractivity (Wildman–Crippen MR) is 105 cm³/mol. The summed E-state index contributed by atoms with van der Waals surface area (Å²) in [5.74, 6) is 0.854. The van der Waals surface area contributed by atoms with Crippen molar-refractivity contribution < 1.29 is 19.1 Å². The summed E-state index contributed by atoms with van der Waals surface area (Å²) in [6, 6.07) is 14.9. The molecule has 1 N–H and O–H groups in total. The number of methoxy groups -OCH3 is 2. The maximum Gasteiger partial charge on any atom is 0.223 e. The molecular formula is C21H26N2O4. The van der Waals surface area contributed by atoms with Crippen LogP contribution in [0.1, 0.15) is 31.9 Å². The fraction of sp³-hybridized carbons (Fsp3) is 0.333. The first kappa shape index (κ1) is 20.3. The summed E-state index contributed by atoms with van der Waals surface area (Å²) in [6.45, 7) is 3.68. The molecule has 0 bridgehead atoms. The van der Waals surface area contributed by atoms with Gasteiger partial charge < -0.3 is 19.7 Å². The molecule has 0 saturated heterocycles. The van der Waals surface area contributed by atoms with Crippen molar-refractivity contribution in [2.24, 2.45) is 0 Å². The summed E-state index contributed by atoms with van der Waals surface area (Å²) in [5.41, 5.74) is 1.69. The zero-order valence-electron chi connectivity index (χ0n) is 16.2. The minimum Gasteiger partial charge on any atom is -0.493 e. The van der Waals surface area contributed by atoms with E-state index in [0.717, 1.165) is 5.56 Å². The lowest BCUT2D eigenvalue weighted by Crippen LogP contribution is -2.34. The van der Waals surface area contributed by atoms with Crippen LogP contribution in [0.25, 0.3) is 0 Å². The molecule has 0 radical (unpaired) electrons. The van der Waals surface area contributed by atoms with Crippen molar-refractivity contribution in [1.29, 1.82) is 0 Å². The fourth-order valence-corrected chi connectivity index (χ4v) is 2.81. The third-order valence-corrected chi connectivity index (χ3v) is 4.30. The Bertz CT molecular complexity index is 777. The molecule has 0 spiro atoms. The topological polar surface area (TPSA) is 67.9 Å². The van der Waals surface area contributed by atoms with Gasteiger partial charge in [-0.1, -0.05) is 30.3 Å². The van der Waals surface area contributed by atoms with Gasteiger partial charge in [-0.3, -0.25) is 9.59 Å². The van der Waals surface area contributed by atoms with Gasteiger partial charge in [-0.15, -0.1) is 0 Å². The second-order valence-electron chi connectivity index (χ2n) is 6.16. The average Bonchev–Trinajstić information content (AvgIpc) is 2.68. The molecule has 0 heterocycles. The zero-order valence-corrected chi connectivity index (χ0v) is 16.2. The normalized spacial score (nSPS) is 11.4. The molecule has 0 aliphatic heterocycles. The Morgan fingerprint density at radius 1 is 1.04 bits per heavy atom. The minimum absolute atomic E-state index is 0.0921. The van der Waals surface area contributed by atoms with Gasteiger partial charge in [0.25, 0.3) is 0 Å². The van der Waals surface area contributed by atoms with Crippen LogP contribution >= 0.6 is 0 Å². The number of benzene rings is 2. The molecule has 0 aromatic heterocycles. The largest absolute Gasteiger partial charge is 0.493 e. The minimum atomic E-state index is -0.147. The third-order valence-electron chi connectivity index (χ3n) is 4.30. The molecule has 0 aliphatic rings. The number of carbonyl (C=O) groups is 2. The molecule has 2 aromatic carbocycles. The van der Waals surface area contributed by atoms with E-state index in [0.29, 0.717) is 17.2 Å². The molecule has 2 amide bonds. The van der Waals surface area contributed by atoms with E-state index >= 15 is 0 Å². The van der Waals surface area contributed by atoms with Crippen molar-refractivity contribution in [3.63, 3.8) is 0 Å². The highest BCUT2D eigenvalue weighted by molar-refractivity contribution is 5.92. The highest BCUT2D eigenvalue weighted by Crippen LogP contribution is 2.31. The van der Waals surface area contributed by atoms with E-state index in [9.17, 15) is 9.59 Å². The summed E-state index contributed by atoms with van der Waals surface area (Å²) in [4.78, 5) is 25.9. The Morgan fingerprint density at radius 2 is 1.70 bits per heavy atom. The van der Waals surface area contributed by atoms with E-state index < -0.39 is 0 Å². The van der Waals surface area contributed by atoms with E-state index in [-0.39, 0.29) is 30.8 Å². The molecule has 0 saturated carbocycles. The summed E-state index contributed by atoms with van der Waals surface area (Å²) < 4.78 is 10.5. The Balaban J connectivity index is 2.02. The highest BCUT2D eigenvalue weighted by atomic mass is 16.5. The van der Waals surface area contributed by atoms with Gasteiger partial charge in [0.2, 0.25) is 11.8 Å². The SMILES string of the molecule is COc1ccc(N(CCC(=O)NC(C)c2ccccc2)C(C)=O)cc1OC. The van der Waals surface area contributed by atoms with Crippen LogP contribution in [0.5, 0.6) is 11.5 Å². The van der Waals surface area contributed by atoms with Crippen molar-refractivity contribution in [3.8, 4) is 11.5 Å². The van der Waals surface area contributed by atoms with Gasteiger partial charge in [0.15, 0.2) is 11.5 Å². The molecule has 6 nitrogen and oxygen atoms in total. The van der Waals surface area contributed by atoms with Gasteiger partial charge in [0.05, 0.1) is 20.3 Å². The van der Waals surface area contributed by atoms with Gasteiger partial charge in [0, 0.05) is 31.6 Å². The molecule has 0 aliphatic carbocycles. The summed E-state index contributed by atoms with van der Waals surface area (Å²) in [5, 5.41) is 2.96. The van der Waals surface area contributed by atoms with Crippen LogP contribution in [-0.2, 0) is 9.59 Å². The van der Waals surface area contributed by atoms with Crippen molar-refractivity contribution in [1.82, 2.24) is 5.32 Å². The highest BCUT2D eigenvalue weighted by Gasteiger charge is 2.17. The zero-order chi connectivity index (χ0) is 19.8. The summed E-state index contributed by atoms with van der Waals surface area (Å²) in [7, 11) is 3.09. The standard InChI is InChI=1S/C21H26N2O4/c1-15(17-8-6-5-7-9-17)22-21(25)12-13-23(16(2)24)18-10-11-19(26-3)20(14-18)27-4/h5-11,14-15H,12-13H2,1-4H3,(H,22,25). The molecule has 2 aromatic rings. The Hall–Kier alpha value is -3.02. The third kappa shape index (κ3) is 5.48. The van der Waals surface area contributed by atoms with Crippen molar-refractivity contribution in [2.75, 3.05) is 25.7 Å². The molecule has 27 heavy (non-hydrogen) atoms. The van der Waals surface area contributed by atoms with Crippen LogP contribution in [0.2, 0.25) is 0 Å². The second-order valence-corrected chi connectivity index (χ2v) is 6.16. The van der Waals surface area contributed by atoms with Crippen molar-refractivity contribution in [2.45, 2.75) is 26.3 Å². The van der Waals surface area contributed by atoms with E-state index in [2.05, 4.69) is 5.32 Å². The van der Waals surface area contributed by atoms with E-state index in [1.807, 2.05) is 37.3 Å². The summed E-state index contributed by atoms with van der Waals surface area (Å²) >= 11 is 0. The number of carbonyl (C=O) groups excluding carboxylic acids is 2. The Morgan fingerprint density at radius 3 is 2.30 bits per heavy atom. The van der Waals surface area contributed by atoms with Crippen LogP contribution in [-0.4, -0.2) is 32.6 Å². The second kappa shape index (κ2) is 9.62. The number of rotatable bonds is 8. The molecule has 1 unspecified atom stereocenters. The molecule has 144 valence electrons. The lowest BCUT2D eigenvalue weighted by atomic mass is 10.1. The van der Waals surface area contributed by atoms with Crippen LogP contribution in [0.3, 0.4) is 0 Å². The molecule has 0 fully saturated rings. The Labute approximate surface area is 160 Å². The smallest absolute Gasteiger partial charge is 0.223 e.